The van der Waals surface area contributed by atoms with Crippen molar-refractivity contribution in [2.75, 3.05) is 0 Å². The van der Waals surface area contributed by atoms with Gasteiger partial charge in [-0.2, -0.15) is 60.8 Å². The summed E-state index contributed by atoms with van der Waals surface area (Å²) >= 11 is 8.88. The molecular weight excluding hydrogens is 1640 g/mol. The summed E-state index contributed by atoms with van der Waals surface area (Å²) in [4.78, 5) is 61.1. The van der Waals surface area contributed by atoms with Crippen LogP contribution < -0.4 is 5.32 Å². The molecule has 0 amide bonds. The van der Waals surface area contributed by atoms with Gasteiger partial charge in [0.15, 0.2) is 5.78 Å². The molecule has 2 aromatic carbocycles. The summed E-state index contributed by atoms with van der Waals surface area (Å²) in [6.07, 6.45) is 0.537. The molecule has 8 aromatic heterocycles. The normalized spacial score (nSPS) is 16.8. The van der Waals surface area contributed by atoms with Gasteiger partial charge in [0.05, 0.1) is 41.9 Å². The van der Waals surface area contributed by atoms with Gasteiger partial charge in [0.1, 0.15) is 27.9 Å². The highest BCUT2D eigenvalue weighted by molar-refractivity contribution is 9.10. The van der Waals surface area contributed by atoms with E-state index in [9.17, 15) is 79.1 Å². The van der Waals surface area contributed by atoms with Crippen LogP contribution in [0.5, 0.6) is 0 Å². The molecule has 6 atom stereocenters. The maximum absolute atomic E-state index is 14.6. The lowest BCUT2D eigenvalue weighted by Gasteiger charge is -2.26. The summed E-state index contributed by atoms with van der Waals surface area (Å²) < 4.78 is 203. The first-order valence-corrected chi connectivity index (χ1v) is 38.4. The van der Waals surface area contributed by atoms with Gasteiger partial charge >= 0.3 is 12.4 Å². The number of carbonyl (C=O) groups is 2. The summed E-state index contributed by atoms with van der Waals surface area (Å²) in [6.45, 7) is 6.64. The lowest BCUT2D eigenvalue weighted by molar-refractivity contribution is -0.145. The predicted molar refractivity (Wildman–Crippen MR) is 394 cm³/mol. The van der Waals surface area contributed by atoms with E-state index >= 15 is 0 Å². The van der Waals surface area contributed by atoms with Gasteiger partial charge in [0.2, 0.25) is 45.5 Å². The second kappa shape index (κ2) is 41.6. The zero-order valence-corrected chi connectivity index (χ0v) is 64.2. The maximum atomic E-state index is 14.6. The Kier molecular flexibility index (Phi) is 34.1. The van der Waals surface area contributed by atoms with Gasteiger partial charge in [-0.15, -0.1) is 24.2 Å². The van der Waals surface area contributed by atoms with Gasteiger partial charge in [-0.3, -0.25) is 19.6 Å². The second-order valence-electron chi connectivity index (χ2n) is 23.7. The summed E-state index contributed by atoms with van der Waals surface area (Å²) in [6, 6.07) is 30.3. The lowest BCUT2D eigenvalue weighted by atomic mass is 9.99. The van der Waals surface area contributed by atoms with Gasteiger partial charge in [-0.25, -0.2) is 65.5 Å². The second-order valence-corrected chi connectivity index (χ2v) is 30.4. The summed E-state index contributed by atoms with van der Waals surface area (Å²) in [5, 5.41) is 2.96. The van der Waals surface area contributed by atoms with Crippen molar-refractivity contribution >= 4 is 94.1 Å². The summed E-state index contributed by atoms with van der Waals surface area (Å²) in [7, 11) is -3.20. The Morgan fingerprint density at radius 1 is 0.560 bits per heavy atom. The molecule has 0 radical (unpaired) electrons. The Morgan fingerprint density at radius 2 is 1.00 bits per heavy atom. The molecule has 1 N–H and O–H groups in total. The van der Waals surface area contributed by atoms with E-state index in [1.54, 1.807) is 62.3 Å². The fourth-order valence-corrected chi connectivity index (χ4v) is 13.8. The predicted octanol–water partition coefficient (Wildman–Crippen LogP) is 16.7. The lowest BCUT2D eigenvalue weighted by Crippen LogP contribution is -2.44. The Hall–Kier alpha value is -8.42. The molecule has 0 unspecified atom stereocenters. The standard InChI is InChI=1S/C24H22F5N5O3S.C19H20F4N4O.C12H10FNS.C7H8S.C5H3BrFN.C5H3ClFNO2S.ClH/c1-13-9-30-19(16-10-32-23(33-11-16)24(27,28)29)7-15(13)3-5-21(35)20-8-18(25)14(2)34(20)38(36,37)17-4-6-22(26)31-12-17;1-10-7-24-15(13-8-25-18(26-9-13)19(21,22)23)5-12(10)3-4-17(28)16-6-14(20)11(2)27-16;13-12-7-6-11(8-14-12)15-9-10-4-2-1-3-5-10;8-6-7-4-2-1-3-5-7;6-4-1-2-5(7)8-3-4;6-11(9,10)4-1-2-5(7)8-3-4;/h4,6-7,9-12,14,18,20H,3,5,8H2,1-2H3;5,7-9,11,14,16,27H,3-4,6H2,1-2H3;1-8H,9H2;1-5,8H,6H2;1-3H;1-3H;1H/t14-,18+,20-;11-,14+,16-;;;;;/m00...../s1. The molecule has 2 aliphatic rings. The molecule has 109 heavy (non-hydrogen) atoms. The molecule has 0 spiro atoms. The zero-order valence-electron chi connectivity index (χ0n) is 57.7. The van der Waals surface area contributed by atoms with E-state index in [0.29, 0.717) is 28.8 Å². The number of nitrogens with one attached hydrogen (secondary N) is 1. The van der Waals surface area contributed by atoms with E-state index in [1.165, 1.54) is 42.6 Å². The van der Waals surface area contributed by atoms with Crippen molar-refractivity contribution in [2.24, 2.45) is 0 Å². The van der Waals surface area contributed by atoms with Crippen LogP contribution in [0.15, 0.2) is 202 Å². The van der Waals surface area contributed by atoms with Crippen LogP contribution in [-0.4, -0.2) is 119 Å². The third-order valence-corrected chi connectivity index (χ3v) is 21.1. The van der Waals surface area contributed by atoms with Crippen LogP contribution in [0.2, 0.25) is 0 Å². The average Bonchev–Trinajstić information content (AvgIpc) is 1.63. The number of hydrogen-bond acceptors (Lipinski definition) is 19. The van der Waals surface area contributed by atoms with Crippen LogP contribution in [-0.2, 0) is 65.4 Å². The van der Waals surface area contributed by atoms with Gasteiger partial charge in [-0.1, -0.05) is 60.7 Å². The number of Topliss-reactive ketones (excluding diaryl/α,β-unsaturated/α-hetero) is 2. The molecule has 0 aliphatic carbocycles. The van der Waals surface area contributed by atoms with Crippen molar-refractivity contribution in [3.63, 3.8) is 0 Å². The molecule has 10 aromatic rings. The van der Waals surface area contributed by atoms with Gasteiger partial charge in [-0.05, 0) is 151 Å². The van der Waals surface area contributed by atoms with E-state index in [0.717, 1.165) is 97.8 Å². The number of aryl methyl sites for hydroxylation is 4. The number of carbonyl (C=O) groups excluding carboxylic acids is 2. The number of nitrogens with zero attached hydrogens (tertiary/aromatic N) is 11. The number of aromatic nitrogens is 10. The molecule has 0 bridgehead atoms. The largest absolute Gasteiger partial charge is 0.451 e. The first kappa shape index (κ1) is 89.5. The van der Waals surface area contributed by atoms with Crippen molar-refractivity contribution in [3.05, 3.63) is 257 Å². The van der Waals surface area contributed by atoms with Crippen molar-refractivity contribution in [1.29, 1.82) is 0 Å². The molecule has 2 aliphatic heterocycles. The molecule has 2 saturated heterocycles. The van der Waals surface area contributed by atoms with E-state index in [1.807, 2.05) is 43.3 Å². The Bertz CT molecular complexity index is 4760. The molecule has 12 rings (SSSR count). The van der Waals surface area contributed by atoms with E-state index in [2.05, 4.69) is 108 Å². The van der Waals surface area contributed by atoms with E-state index in [4.69, 9.17) is 10.7 Å². The van der Waals surface area contributed by atoms with Crippen LogP contribution in [0.3, 0.4) is 0 Å². The minimum absolute atomic E-state index is 0. The number of rotatable bonds is 17. The number of thioether (sulfide) groups is 1. The Balaban J connectivity index is 0.000000226. The summed E-state index contributed by atoms with van der Waals surface area (Å²) in [5.74, 6) is -3.85. The molecule has 37 heteroatoms. The van der Waals surface area contributed by atoms with E-state index < -0.39 is 103 Å². The molecule has 580 valence electrons. The Labute approximate surface area is 648 Å². The zero-order chi connectivity index (χ0) is 79.1. The number of pyridine rings is 6. The topological polar surface area (TPSA) is 247 Å². The van der Waals surface area contributed by atoms with Crippen molar-refractivity contribution in [2.45, 2.75) is 141 Å². The number of hydrogen-bond donors (Lipinski definition) is 2. The Morgan fingerprint density at radius 3 is 1.39 bits per heavy atom. The quantitative estimate of drug-likeness (QED) is 0.0283. The molecule has 18 nitrogen and oxygen atoms in total. The number of sulfonamides is 1. The highest BCUT2D eigenvalue weighted by Crippen LogP contribution is 2.35. The minimum Gasteiger partial charge on any atom is -0.302 e. The number of halogens is 15. The van der Waals surface area contributed by atoms with Crippen LogP contribution in [0.1, 0.15) is 84.6 Å². The highest BCUT2D eigenvalue weighted by atomic mass is 79.9. The maximum Gasteiger partial charge on any atom is 0.451 e. The van der Waals surface area contributed by atoms with Crippen molar-refractivity contribution in [1.82, 2.24) is 59.5 Å². The third-order valence-electron chi connectivity index (χ3n) is 15.9. The summed E-state index contributed by atoms with van der Waals surface area (Å²) in [5.41, 5.74) is 6.89. The number of benzene rings is 2. The number of alkyl halides is 8. The molecule has 0 saturated carbocycles. The first-order valence-electron chi connectivity index (χ1n) is 32.2. The molecule has 2 fully saturated rings. The SMILES string of the molecule is Cc1cnc(-c2cnc(C(F)(F)F)nc2)cc1CCC(=O)[C@@H]1C[C@@H](F)[C@H](C)N1.Cc1cnc(-c2cnc(C(F)(F)F)nc2)cc1CCC(=O)[C@@H]1C[C@@H](F)[C@H](C)N1S(=O)(=O)c1ccc(F)nc1.Cl.Fc1ccc(Br)cn1.Fc1ccc(SCc2ccccc2)cn1.O=S(=O)(Cl)c1ccc(F)nc1.SCc1ccccc1. The van der Waals surface area contributed by atoms with Crippen LogP contribution in [0.4, 0.5) is 52.7 Å². The third kappa shape index (κ3) is 27.8. The average molecular weight is 1700 g/mol. The molecular formula is C72H67BrCl2F12N12O6S4. The fourth-order valence-electron chi connectivity index (χ4n) is 10.1. The van der Waals surface area contributed by atoms with Crippen LogP contribution >= 0.6 is 63.4 Å². The van der Waals surface area contributed by atoms with E-state index in [-0.39, 0.29) is 77.4 Å². The van der Waals surface area contributed by atoms with Crippen LogP contribution in [0.25, 0.3) is 22.5 Å². The van der Waals surface area contributed by atoms with Crippen molar-refractivity contribution in [3.8, 4) is 22.5 Å². The van der Waals surface area contributed by atoms with Crippen molar-refractivity contribution < 1.29 is 79.1 Å². The number of thiol groups is 1. The monoisotopic (exact) mass is 1700 g/mol. The smallest absolute Gasteiger partial charge is 0.302 e. The van der Waals surface area contributed by atoms with Gasteiger partial charge in [0.25, 0.3) is 9.05 Å². The van der Waals surface area contributed by atoms with Crippen LogP contribution in [0, 0.1) is 37.6 Å². The van der Waals surface area contributed by atoms with Gasteiger partial charge < -0.3 is 5.32 Å². The van der Waals surface area contributed by atoms with Gasteiger partial charge in [0, 0.05) is 124 Å². The molecule has 10 heterocycles. The number of ketones is 2. The fraction of sp³-hybridized carbons (Fsp3) is 0.278. The highest BCUT2D eigenvalue weighted by Gasteiger charge is 2.49. The minimum atomic E-state index is -4.68. The first-order chi connectivity index (χ1) is 51.0.